The van der Waals surface area contributed by atoms with Crippen LogP contribution in [0.25, 0.3) is 16.5 Å². The zero-order valence-corrected chi connectivity index (χ0v) is 21.1. The highest BCUT2D eigenvalue weighted by atomic mass is 79.9. The number of esters is 1. The molecule has 34 heavy (non-hydrogen) atoms. The number of halogens is 3. The van der Waals surface area contributed by atoms with E-state index < -0.39 is 28.8 Å². The molecule has 3 aromatic rings. The second-order valence-electron chi connectivity index (χ2n) is 8.34. The Balaban J connectivity index is 1.90. The Morgan fingerprint density at radius 3 is 2.47 bits per heavy atom. The van der Waals surface area contributed by atoms with E-state index in [-0.39, 0.29) is 16.9 Å². The van der Waals surface area contributed by atoms with Gasteiger partial charge in [0.05, 0.1) is 23.5 Å². The largest absolute Gasteiger partial charge is 0.458 e. The van der Waals surface area contributed by atoms with Crippen molar-refractivity contribution < 1.29 is 23.1 Å². The normalized spacial score (nSPS) is 12.8. The molecule has 1 aromatic heterocycles. The Bertz CT molecular complexity index is 1300. The van der Waals surface area contributed by atoms with Crippen LogP contribution in [0.4, 0.5) is 8.78 Å². The second kappa shape index (κ2) is 9.72. The van der Waals surface area contributed by atoms with E-state index in [4.69, 9.17) is 4.74 Å². The van der Waals surface area contributed by atoms with Gasteiger partial charge in [-0.3, -0.25) is 9.36 Å². The Labute approximate surface area is 207 Å². The van der Waals surface area contributed by atoms with Gasteiger partial charge in [-0.1, -0.05) is 24.3 Å². The van der Waals surface area contributed by atoms with Gasteiger partial charge in [0, 0.05) is 10.8 Å². The summed E-state index contributed by atoms with van der Waals surface area (Å²) in [4.78, 5) is 28.4. The van der Waals surface area contributed by atoms with E-state index in [1.54, 1.807) is 57.2 Å². The quantitative estimate of drug-likeness (QED) is 0.335. The van der Waals surface area contributed by atoms with Gasteiger partial charge in [-0.2, -0.15) is 14.0 Å². The molecule has 1 N–H and O–H groups in total. The molecule has 2 aromatic carbocycles. The van der Waals surface area contributed by atoms with Gasteiger partial charge in [-0.15, -0.1) is 0 Å². The lowest BCUT2D eigenvalue weighted by molar-refractivity contribution is -0.159. The summed E-state index contributed by atoms with van der Waals surface area (Å²) < 4.78 is 36.7. The van der Waals surface area contributed by atoms with E-state index in [9.17, 15) is 23.6 Å². The van der Waals surface area contributed by atoms with Crippen LogP contribution in [0, 0.1) is 11.3 Å². The molecule has 178 valence electrons. The summed E-state index contributed by atoms with van der Waals surface area (Å²) in [6, 6.07) is 11.1. The first-order valence-electron chi connectivity index (χ1n) is 10.1. The molecule has 3 rings (SSSR count). The molecule has 0 aliphatic carbocycles. The molecule has 0 aliphatic rings. The van der Waals surface area contributed by atoms with Crippen LogP contribution in [0.3, 0.4) is 0 Å². The molecule has 0 saturated heterocycles. The van der Waals surface area contributed by atoms with Crippen molar-refractivity contribution in [2.75, 3.05) is 0 Å². The average molecular weight is 551 g/mol. The van der Waals surface area contributed by atoms with E-state index in [0.717, 1.165) is 0 Å². The molecular weight excluding hydrogens is 530 g/mol. The summed E-state index contributed by atoms with van der Waals surface area (Å²) in [5.74, 6) is -2.47. The number of imidazole rings is 1. The van der Waals surface area contributed by atoms with E-state index in [1.807, 2.05) is 5.32 Å². The number of hydrogen-bond acceptors (Lipinski definition) is 6. The Morgan fingerprint density at radius 1 is 1.21 bits per heavy atom. The highest BCUT2D eigenvalue weighted by molar-refractivity contribution is 9.10. The third-order valence-corrected chi connectivity index (χ3v) is 6.01. The monoisotopic (exact) mass is 550 g/mol. The molecule has 0 aliphatic heterocycles. The zero-order valence-electron chi connectivity index (χ0n) is 18.7. The fraction of sp³-hybridized carbons (Fsp3) is 0.304. The Kier molecular flexibility index (Phi) is 7.33. The summed E-state index contributed by atoms with van der Waals surface area (Å²) in [6.07, 6.45) is 1.34. The third-order valence-electron chi connectivity index (χ3n) is 4.54. The number of aromatic nitrogens is 2. The summed E-state index contributed by atoms with van der Waals surface area (Å²) in [5.41, 5.74) is 0.110. The molecular formula is C23H21BrF2N4O3S. The zero-order chi connectivity index (χ0) is 25.3. The van der Waals surface area contributed by atoms with Crippen LogP contribution in [0.5, 0.6) is 0 Å². The summed E-state index contributed by atoms with van der Waals surface area (Å²) in [7, 11) is 0. The van der Waals surface area contributed by atoms with Gasteiger partial charge in [-0.05, 0) is 67.5 Å². The number of alkyl halides is 2. The van der Waals surface area contributed by atoms with Crippen molar-refractivity contribution in [1.29, 1.82) is 5.26 Å². The number of nitriles is 1. The number of amides is 1. The minimum atomic E-state index is -3.94. The maximum Gasteiger partial charge on any atom is 0.377 e. The van der Waals surface area contributed by atoms with E-state index in [0.29, 0.717) is 26.6 Å². The Hall–Kier alpha value is -2.97. The molecule has 1 heterocycles. The first-order valence-corrected chi connectivity index (χ1v) is 11.7. The van der Waals surface area contributed by atoms with Crippen LogP contribution in [-0.2, 0) is 14.3 Å². The van der Waals surface area contributed by atoms with Gasteiger partial charge in [0.1, 0.15) is 16.2 Å². The number of carbonyl (C=O) groups is 2. The van der Waals surface area contributed by atoms with E-state index >= 15 is 0 Å². The first kappa shape index (κ1) is 25.6. The van der Waals surface area contributed by atoms with E-state index in [1.165, 1.54) is 17.7 Å². The first-order chi connectivity index (χ1) is 15.8. The molecule has 0 unspecified atom stereocenters. The van der Waals surface area contributed by atoms with Gasteiger partial charge < -0.3 is 10.1 Å². The maximum absolute atomic E-state index is 14.9. The molecule has 0 bridgehead atoms. The van der Waals surface area contributed by atoms with Crippen LogP contribution in [0.15, 0.2) is 52.4 Å². The van der Waals surface area contributed by atoms with Crippen LogP contribution < -0.4 is 5.32 Å². The number of fused-ring (bicyclic) bond motifs is 1. The van der Waals surface area contributed by atoms with Crippen LogP contribution >= 0.6 is 27.7 Å². The molecule has 7 nitrogen and oxygen atoms in total. The lowest BCUT2D eigenvalue weighted by Gasteiger charge is -2.24. The van der Waals surface area contributed by atoms with Gasteiger partial charge in [0.15, 0.2) is 5.16 Å². The molecule has 11 heteroatoms. The van der Waals surface area contributed by atoms with Crippen LogP contribution in [-0.4, -0.2) is 38.3 Å². The maximum atomic E-state index is 14.9. The minimum absolute atomic E-state index is 0.0590. The van der Waals surface area contributed by atoms with Gasteiger partial charge >= 0.3 is 17.1 Å². The molecule has 1 atom stereocenters. The standard InChI is InChI=1S/C23H21BrF2N4O3S/c1-13(19(31)33-22(2,3)4)29-20(32)23(25,26)34-21-28-12-18(24)30(21)17-10-9-14(11-27)15-7-5-6-8-16(15)17/h5-10,12-13H,1-4H3,(H,29,32)/t13-/m0/s1. The summed E-state index contributed by atoms with van der Waals surface area (Å²) in [5, 5.41) is 8.59. The van der Waals surface area contributed by atoms with Crippen LogP contribution in [0.1, 0.15) is 33.3 Å². The number of ether oxygens (including phenoxy) is 1. The number of carbonyl (C=O) groups excluding carboxylic acids is 2. The lowest BCUT2D eigenvalue weighted by atomic mass is 10.0. The van der Waals surface area contributed by atoms with Crippen LogP contribution in [0.2, 0.25) is 0 Å². The molecule has 0 radical (unpaired) electrons. The number of nitrogens with one attached hydrogen (secondary N) is 1. The van der Waals surface area contributed by atoms with Crippen molar-refractivity contribution in [2.45, 2.75) is 49.7 Å². The van der Waals surface area contributed by atoms with Gasteiger partial charge in [0.2, 0.25) is 0 Å². The lowest BCUT2D eigenvalue weighted by Crippen LogP contribution is -2.47. The number of hydrogen-bond donors (Lipinski definition) is 1. The molecule has 0 spiro atoms. The SMILES string of the molecule is C[C@H](NC(=O)C(F)(F)Sc1ncc(Br)n1-c1ccc(C#N)c2ccccc12)C(=O)OC(C)(C)C. The van der Waals surface area contributed by atoms with Crippen molar-refractivity contribution in [3.8, 4) is 11.8 Å². The number of nitrogens with zero attached hydrogens (tertiary/aromatic N) is 3. The minimum Gasteiger partial charge on any atom is -0.458 e. The fourth-order valence-electron chi connectivity index (χ4n) is 3.07. The smallest absolute Gasteiger partial charge is 0.377 e. The number of rotatable bonds is 6. The highest BCUT2D eigenvalue weighted by Gasteiger charge is 2.43. The molecule has 0 fully saturated rings. The van der Waals surface area contributed by atoms with Crippen molar-refractivity contribution in [3.63, 3.8) is 0 Å². The topological polar surface area (TPSA) is 97.0 Å². The predicted octanol–water partition coefficient (Wildman–Crippen LogP) is 5.19. The second-order valence-corrected chi connectivity index (χ2v) is 10.2. The van der Waals surface area contributed by atoms with Gasteiger partial charge in [0.25, 0.3) is 0 Å². The molecule has 1 amide bonds. The Morgan fingerprint density at radius 2 is 1.85 bits per heavy atom. The van der Waals surface area contributed by atoms with Crippen molar-refractivity contribution >= 4 is 50.3 Å². The highest BCUT2D eigenvalue weighted by Crippen LogP contribution is 2.39. The average Bonchev–Trinajstić information content (AvgIpc) is 3.10. The van der Waals surface area contributed by atoms with Crippen molar-refractivity contribution in [2.24, 2.45) is 0 Å². The van der Waals surface area contributed by atoms with Crippen molar-refractivity contribution in [1.82, 2.24) is 14.9 Å². The van der Waals surface area contributed by atoms with E-state index in [2.05, 4.69) is 27.0 Å². The number of benzene rings is 2. The summed E-state index contributed by atoms with van der Waals surface area (Å²) in [6.45, 7) is 6.17. The summed E-state index contributed by atoms with van der Waals surface area (Å²) >= 11 is 3.26. The van der Waals surface area contributed by atoms with Crippen molar-refractivity contribution in [3.05, 3.63) is 52.8 Å². The van der Waals surface area contributed by atoms with Gasteiger partial charge in [-0.25, -0.2) is 9.78 Å². The fourth-order valence-corrected chi connectivity index (χ4v) is 4.42. The third kappa shape index (κ3) is 5.56. The number of thioether (sulfide) groups is 1. The predicted molar refractivity (Wildman–Crippen MR) is 128 cm³/mol. The molecule has 0 saturated carbocycles.